The average molecular weight is 425 g/mol. The molecule has 0 fully saturated rings. The van der Waals surface area contributed by atoms with E-state index < -0.39 is 17.7 Å². The number of nitriles is 2. The second-order valence-electron chi connectivity index (χ2n) is 5.80. The Labute approximate surface area is 173 Å². The molecule has 0 saturated heterocycles. The van der Waals surface area contributed by atoms with E-state index in [9.17, 15) is 24.8 Å². The summed E-state index contributed by atoms with van der Waals surface area (Å²) in [6.45, 7) is 0. The van der Waals surface area contributed by atoms with Crippen molar-refractivity contribution in [3.63, 3.8) is 0 Å². The van der Waals surface area contributed by atoms with Gasteiger partial charge in [0.1, 0.15) is 34.4 Å². The van der Waals surface area contributed by atoms with Gasteiger partial charge in [-0.2, -0.15) is 10.5 Å². The number of pyridine rings is 1. The van der Waals surface area contributed by atoms with Crippen LogP contribution in [0.1, 0.15) is 11.1 Å². The van der Waals surface area contributed by atoms with Crippen molar-refractivity contribution < 1.29 is 23.5 Å². The number of anilines is 2. The molecule has 30 heavy (non-hydrogen) atoms. The fourth-order valence-electron chi connectivity index (χ4n) is 2.60. The van der Waals surface area contributed by atoms with Crippen molar-refractivity contribution in [2.45, 2.75) is 5.03 Å². The van der Waals surface area contributed by atoms with E-state index in [4.69, 9.17) is 5.73 Å². The molecule has 3 N–H and O–H groups in total. The van der Waals surface area contributed by atoms with Crippen LogP contribution in [0.5, 0.6) is 5.95 Å². The topological polar surface area (TPSA) is 169 Å². The van der Waals surface area contributed by atoms with Gasteiger partial charge in [-0.05, 0) is 12.1 Å². The molecule has 0 atom stereocenters. The van der Waals surface area contributed by atoms with Crippen molar-refractivity contribution in [1.29, 1.82) is 10.5 Å². The fourth-order valence-corrected chi connectivity index (χ4v) is 3.40. The van der Waals surface area contributed by atoms with E-state index in [2.05, 4.69) is 20.1 Å². The Morgan fingerprint density at radius 2 is 2.07 bits per heavy atom. The summed E-state index contributed by atoms with van der Waals surface area (Å²) in [4.78, 5) is 16.2. The van der Waals surface area contributed by atoms with Gasteiger partial charge in [-0.1, -0.05) is 28.6 Å². The van der Waals surface area contributed by atoms with Gasteiger partial charge in [0.15, 0.2) is 13.0 Å². The number of nitrogens with one attached hydrogen (secondary N) is 1. The number of halogens is 1. The van der Waals surface area contributed by atoms with Crippen molar-refractivity contribution in [2.24, 2.45) is 7.05 Å². The van der Waals surface area contributed by atoms with Crippen LogP contribution in [0.3, 0.4) is 0 Å². The monoisotopic (exact) mass is 425 g/mol. The van der Waals surface area contributed by atoms with Gasteiger partial charge >= 0.3 is 0 Å². The number of aryl methyl sites for hydroxylation is 1. The van der Waals surface area contributed by atoms with Gasteiger partial charge in [0, 0.05) is 0 Å². The first-order valence-corrected chi connectivity index (χ1v) is 9.20. The number of nitrogens with two attached hydrogens (primary N) is 1. The van der Waals surface area contributed by atoms with E-state index in [0.29, 0.717) is 0 Å². The predicted molar refractivity (Wildman–Crippen MR) is 100.0 cm³/mol. The maximum Gasteiger partial charge on any atom is 0.266 e. The Bertz CT molecular complexity index is 1210. The predicted octanol–water partition coefficient (Wildman–Crippen LogP) is 0.830. The summed E-state index contributed by atoms with van der Waals surface area (Å²) in [5.41, 5.74) is 5.27. The molecule has 0 saturated carbocycles. The largest absolute Gasteiger partial charge is 0.539 e. The first-order chi connectivity index (χ1) is 14.4. The summed E-state index contributed by atoms with van der Waals surface area (Å²) in [5, 5.41) is 37.1. The molecule has 10 nitrogen and oxygen atoms in total. The van der Waals surface area contributed by atoms with Crippen LogP contribution in [0.25, 0.3) is 11.3 Å². The number of thioether (sulfide) groups is 1. The molecule has 2 heterocycles. The molecule has 3 rings (SSSR count). The van der Waals surface area contributed by atoms with Gasteiger partial charge in [0.05, 0.1) is 27.8 Å². The maximum atomic E-state index is 13.7. The van der Waals surface area contributed by atoms with Crippen molar-refractivity contribution >= 4 is 29.2 Å². The van der Waals surface area contributed by atoms with Crippen LogP contribution in [0.2, 0.25) is 0 Å². The zero-order valence-corrected chi connectivity index (χ0v) is 16.2. The molecule has 0 radical (unpaired) electrons. The van der Waals surface area contributed by atoms with E-state index in [1.165, 1.54) is 25.2 Å². The smallest absolute Gasteiger partial charge is 0.266 e. The van der Waals surface area contributed by atoms with Gasteiger partial charge in [0.25, 0.3) is 5.69 Å². The molecule has 3 aromatic rings. The zero-order valence-electron chi connectivity index (χ0n) is 15.3. The number of para-hydroxylation sites is 1. The molecule has 0 spiro atoms. The number of nitrogen functional groups attached to an aromatic ring is 1. The summed E-state index contributed by atoms with van der Waals surface area (Å²) in [5.74, 6) is -2.49. The van der Waals surface area contributed by atoms with Crippen LogP contribution < -0.4 is 20.8 Å². The van der Waals surface area contributed by atoms with Crippen molar-refractivity contribution in [1.82, 2.24) is 10.3 Å². The zero-order chi connectivity index (χ0) is 21.8. The number of hydrogen-bond donors (Lipinski definition) is 2. The normalized spacial score (nSPS) is 10.3. The highest BCUT2D eigenvalue weighted by Gasteiger charge is 2.29. The highest BCUT2D eigenvalue weighted by atomic mass is 32.2. The number of aromatic nitrogens is 3. The van der Waals surface area contributed by atoms with E-state index in [1.54, 1.807) is 6.07 Å². The first-order valence-electron chi connectivity index (χ1n) is 8.21. The van der Waals surface area contributed by atoms with E-state index in [1.807, 2.05) is 12.1 Å². The van der Waals surface area contributed by atoms with E-state index in [-0.39, 0.29) is 44.7 Å². The third-order valence-corrected chi connectivity index (χ3v) is 4.88. The summed E-state index contributed by atoms with van der Waals surface area (Å²) < 4.78 is 19.3. The Balaban J connectivity index is 1.97. The second kappa shape index (κ2) is 8.46. The number of carbonyl (C=O) groups excluding carboxylic acids is 1. The fraction of sp³-hybridized carbons (Fsp3) is 0.111. The van der Waals surface area contributed by atoms with Crippen molar-refractivity contribution in [3.8, 4) is 29.3 Å². The quantitative estimate of drug-likeness (QED) is 0.444. The van der Waals surface area contributed by atoms with E-state index >= 15 is 0 Å². The molecule has 1 aromatic carbocycles. The van der Waals surface area contributed by atoms with Gasteiger partial charge in [-0.15, -0.1) is 0 Å². The minimum atomic E-state index is -0.871. The molecular weight excluding hydrogens is 413 g/mol. The Hall–Kier alpha value is -4.16. The number of amides is 1. The lowest BCUT2D eigenvalue weighted by Gasteiger charge is -2.11. The second-order valence-corrected chi connectivity index (χ2v) is 6.76. The van der Waals surface area contributed by atoms with Crippen LogP contribution >= 0.6 is 11.8 Å². The average Bonchev–Trinajstić information content (AvgIpc) is 3.05. The van der Waals surface area contributed by atoms with E-state index in [0.717, 1.165) is 16.4 Å². The molecule has 0 bridgehead atoms. The Morgan fingerprint density at radius 3 is 2.67 bits per heavy atom. The molecule has 0 aliphatic carbocycles. The van der Waals surface area contributed by atoms with Crippen LogP contribution in [-0.4, -0.2) is 21.9 Å². The summed E-state index contributed by atoms with van der Waals surface area (Å²) in [6.07, 6.45) is 0. The highest BCUT2D eigenvalue weighted by molar-refractivity contribution is 8.00. The molecule has 12 heteroatoms. The third kappa shape index (κ3) is 3.85. The molecule has 150 valence electrons. The standard InChI is InChI=1S/C18H12FN7O3S/c1-26-15(18(28)29-25-26)14-9(6-20)16(22)24-17(10(14)7-21)30-8-13(27)23-12-5-3-2-4-11(12)19/h2-5H,8H2,1H3,(H3-,22,23,24,25,27,28). The SMILES string of the molecule is C[n+]1noc([O-])c1-c1c(C#N)c(N)nc(SCC(=O)Nc2ccccc2F)c1C#N. The molecule has 0 unspecified atom stereocenters. The lowest BCUT2D eigenvalue weighted by Crippen LogP contribution is -2.32. The van der Waals surface area contributed by atoms with Gasteiger partial charge in [0.2, 0.25) is 5.91 Å². The minimum absolute atomic E-state index is 0.00379. The molecule has 1 amide bonds. The summed E-state index contributed by atoms with van der Waals surface area (Å²) >= 11 is 0.842. The van der Waals surface area contributed by atoms with Crippen LogP contribution in [0, 0.1) is 28.5 Å². The summed E-state index contributed by atoms with van der Waals surface area (Å²) in [7, 11) is 1.40. The Kier molecular flexibility index (Phi) is 5.80. The van der Waals surface area contributed by atoms with Gasteiger partial charge in [-0.25, -0.2) is 9.37 Å². The molecule has 0 aliphatic heterocycles. The molecular formula is C18H12FN7O3S. The first kappa shape index (κ1) is 20.6. The molecule has 0 aliphatic rings. The van der Waals surface area contributed by atoms with Gasteiger partial charge < -0.3 is 20.7 Å². The van der Waals surface area contributed by atoms with Gasteiger partial charge in [-0.3, -0.25) is 4.79 Å². The lowest BCUT2D eigenvalue weighted by molar-refractivity contribution is -0.730. The van der Waals surface area contributed by atoms with Crippen LogP contribution in [-0.2, 0) is 11.8 Å². The van der Waals surface area contributed by atoms with Crippen LogP contribution in [0.15, 0.2) is 33.8 Å². The number of carbonyl (C=O) groups is 1. The van der Waals surface area contributed by atoms with Crippen molar-refractivity contribution in [2.75, 3.05) is 16.8 Å². The van der Waals surface area contributed by atoms with Crippen LogP contribution in [0.4, 0.5) is 15.9 Å². The maximum absolute atomic E-state index is 13.7. The third-order valence-electron chi connectivity index (χ3n) is 3.90. The number of nitrogens with zero attached hydrogens (tertiary/aromatic N) is 5. The minimum Gasteiger partial charge on any atom is -0.539 e. The number of rotatable bonds is 5. The summed E-state index contributed by atoms with van der Waals surface area (Å²) in [6, 6.07) is 9.36. The molecule has 2 aromatic heterocycles. The Morgan fingerprint density at radius 1 is 1.37 bits per heavy atom. The van der Waals surface area contributed by atoms with Crippen molar-refractivity contribution in [3.05, 3.63) is 41.2 Å². The number of benzene rings is 1. The lowest BCUT2D eigenvalue weighted by atomic mass is 10.0. The number of hydrogen-bond acceptors (Lipinski definition) is 9. The highest BCUT2D eigenvalue weighted by Crippen LogP contribution is 2.36.